The van der Waals surface area contributed by atoms with Crippen molar-refractivity contribution in [2.75, 3.05) is 0 Å². The largest absolute Gasteiger partial charge is 0.327 e. The lowest BCUT2D eigenvalue weighted by atomic mass is 10.1. The molecule has 0 unspecified atom stereocenters. The molecule has 0 saturated heterocycles. The predicted octanol–water partition coefficient (Wildman–Crippen LogP) is 9.98. The summed E-state index contributed by atoms with van der Waals surface area (Å²) in [6, 6.07) is 49.8. The van der Waals surface area contributed by atoms with E-state index in [2.05, 4.69) is 154 Å². The van der Waals surface area contributed by atoms with Crippen LogP contribution in [-0.4, -0.2) is 23.7 Å². The summed E-state index contributed by atoms with van der Waals surface area (Å²) >= 11 is 0. The molecule has 10 rings (SSSR count). The van der Waals surface area contributed by atoms with Crippen molar-refractivity contribution in [3.05, 3.63) is 146 Å². The van der Waals surface area contributed by atoms with E-state index in [1.165, 1.54) is 32.4 Å². The summed E-state index contributed by atoms with van der Waals surface area (Å²) < 4.78 is 6.88. The Morgan fingerprint density at radius 1 is 0.478 bits per heavy atom. The number of para-hydroxylation sites is 4. The topological polar surface area (TPSA) is 40.6 Å². The number of benzene rings is 6. The average Bonchev–Trinajstić information content (AvgIpc) is 3.74. The second kappa shape index (κ2) is 9.40. The van der Waals surface area contributed by atoms with Crippen molar-refractivity contribution >= 4 is 65.4 Å². The Labute approximate surface area is 264 Å². The molecule has 0 atom stereocenters. The van der Waals surface area contributed by atoms with E-state index in [1.54, 1.807) is 0 Å². The van der Waals surface area contributed by atoms with Gasteiger partial charge in [-0.15, -0.1) is 0 Å². The third-order valence-electron chi connectivity index (χ3n) is 9.48. The van der Waals surface area contributed by atoms with Gasteiger partial charge in [0.2, 0.25) is 0 Å². The number of pyridine rings is 1. The molecule has 5 heteroatoms. The highest BCUT2D eigenvalue weighted by Gasteiger charge is 2.18. The first-order valence-corrected chi connectivity index (χ1v) is 15.6. The van der Waals surface area contributed by atoms with Gasteiger partial charge in [-0.3, -0.25) is 4.57 Å². The molecule has 0 amide bonds. The fourth-order valence-electron chi connectivity index (χ4n) is 7.33. The van der Waals surface area contributed by atoms with Crippen LogP contribution in [0.3, 0.4) is 0 Å². The maximum absolute atomic E-state index is 5.02. The minimum Gasteiger partial charge on any atom is -0.327 e. The lowest BCUT2D eigenvalue weighted by Crippen LogP contribution is -1.99. The summed E-state index contributed by atoms with van der Waals surface area (Å²) in [5.74, 6) is 1.87. The SMILES string of the molecule is Cn1c(-c2ccc3c4ccccc4n(-c4ccc5c6ccccc6n(-c6cc7ccccc7cn6)c5c4)c3c2)nc2ccccc21. The van der Waals surface area contributed by atoms with Crippen LogP contribution in [0.4, 0.5) is 0 Å². The van der Waals surface area contributed by atoms with Gasteiger partial charge < -0.3 is 9.13 Å². The molecule has 0 N–H and O–H groups in total. The Morgan fingerprint density at radius 3 is 1.87 bits per heavy atom. The zero-order valence-corrected chi connectivity index (χ0v) is 25.1. The maximum atomic E-state index is 5.02. The molecule has 0 spiro atoms. The molecule has 10 aromatic rings. The molecule has 0 aliphatic heterocycles. The van der Waals surface area contributed by atoms with Gasteiger partial charge in [0.25, 0.3) is 0 Å². The van der Waals surface area contributed by atoms with E-state index in [9.17, 15) is 0 Å². The first-order valence-electron chi connectivity index (χ1n) is 15.6. The maximum Gasteiger partial charge on any atom is 0.140 e. The minimum atomic E-state index is 0.911. The number of rotatable bonds is 3. The molecule has 5 nitrogen and oxygen atoms in total. The molecule has 0 saturated carbocycles. The molecule has 0 fully saturated rings. The predicted molar refractivity (Wildman–Crippen MR) is 190 cm³/mol. The Morgan fingerprint density at radius 2 is 1.09 bits per heavy atom. The highest BCUT2D eigenvalue weighted by atomic mass is 15.1. The lowest BCUT2D eigenvalue weighted by molar-refractivity contribution is 0.959. The van der Waals surface area contributed by atoms with Crippen molar-refractivity contribution < 1.29 is 0 Å². The molecule has 0 aliphatic rings. The summed E-state index contributed by atoms with van der Waals surface area (Å²) in [5.41, 5.74) is 8.90. The van der Waals surface area contributed by atoms with Gasteiger partial charge in [0, 0.05) is 51.4 Å². The number of aromatic nitrogens is 5. The summed E-state index contributed by atoms with van der Waals surface area (Å²) in [4.78, 5) is 9.98. The van der Waals surface area contributed by atoms with E-state index in [0.717, 1.165) is 55.9 Å². The highest BCUT2D eigenvalue weighted by molar-refractivity contribution is 6.12. The number of hydrogen-bond donors (Lipinski definition) is 0. The van der Waals surface area contributed by atoms with Gasteiger partial charge in [-0.2, -0.15) is 0 Å². The van der Waals surface area contributed by atoms with E-state index in [1.807, 2.05) is 12.3 Å². The van der Waals surface area contributed by atoms with Crippen molar-refractivity contribution in [1.82, 2.24) is 23.7 Å². The van der Waals surface area contributed by atoms with Gasteiger partial charge in [0.15, 0.2) is 0 Å². The van der Waals surface area contributed by atoms with Gasteiger partial charge in [0.05, 0.1) is 33.1 Å². The summed E-state index contributed by atoms with van der Waals surface area (Å²) in [5, 5.41) is 7.17. The fraction of sp³-hybridized carbons (Fsp3) is 0.0244. The normalized spacial score (nSPS) is 12.0. The Balaban J connectivity index is 1.26. The highest BCUT2D eigenvalue weighted by Crippen LogP contribution is 2.38. The van der Waals surface area contributed by atoms with Crippen molar-refractivity contribution in [3.63, 3.8) is 0 Å². The number of imidazole rings is 1. The first-order chi connectivity index (χ1) is 22.7. The summed E-state index contributed by atoms with van der Waals surface area (Å²) in [6.07, 6.45) is 1.98. The fourth-order valence-corrected chi connectivity index (χ4v) is 7.33. The third-order valence-corrected chi connectivity index (χ3v) is 9.48. The number of fused-ring (bicyclic) bond motifs is 8. The van der Waals surface area contributed by atoms with Gasteiger partial charge >= 0.3 is 0 Å². The third kappa shape index (κ3) is 3.51. The van der Waals surface area contributed by atoms with Crippen LogP contribution in [0.2, 0.25) is 0 Å². The second-order valence-electron chi connectivity index (χ2n) is 12.0. The van der Waals surface area contributed by atoms with Gasteiger partial charge in [-0.05, 0) is 53.9 Å². The summed E-state index contributed by atoms with van der Waals surface area (Å²) in [7, 11) is 2.10. The Bertz CT molecular complexity index is 2830. The van der Waals surface area contributed by atoms with Crippen LogP contribution in [0.15, 0.2) is 146 Å². The van der Waals surface area contributed by atoms with Crippen LogP contribution in [0, 0.1) is 0 Å². The van der Waals surface area contributed by atoms with Crippen LogP contribution in [0.5, 0.6) is 0 Å². The molecule has 6 aromatic carbocycles. The minimum absolute atomic E-state index is 0.911. The summed E-state index contributed by atoms with van der Waals surface area (Å²) in [6.45, 7) is 0. The molecule has 0 aliphatic carbocycles. The number of aryl methyl sites for hydroxylation is 1. The quantitative estimate of drug-likeness (QED) is 0.206. The van der Waals surface area contributed by atoms with E-state index in [0.29, 0.717) is 0 Å². The number of hydrogen-bond acceptors (Lipinski definition) is 2. The molecule has 216 valence electrons. The molecular weight excluding hydrogens is 562 g/mol. The van der Waals surface area contributed by atoms with Crippen molar-refractivity contribution in [3.8, 4) is 22.9 Å². The molecular formula is C41H27N5. The van der Waals surface area contributed by atoms with Crippen molar-refractivity contribution in [1.29, 1.82) is 0 Å². The molecule has 4 heterocycles. The zero-order valence-electron chi connectivity index (χ0n) is 25.1. The van der Waals surface area contributed by atoms with Crippen LogP contribution in [0.1, 0.15) is 0 Å². The van der Waals surface area contributed by atoms with Crippen molar-refractivity contribution in [2.24, 2.45) is 7.05 Å². The van der Waals surface area contributed by atoms with Crippen molar-refractivity contribution in [2.45, 2.75) is 0 Å². The smallest absolute Gasteiger partial charge is 0.140 e. The monoisotopic (exact) mass is 589 g/mol. The molecule has 4 aromatic heterocycles. The second-order valence-corrected chi connectivity index (χ2v) is 12.0. The van der Waals surface area contributed by atoms with Gasteiger partial charge in [0.1, 0.15) is 11.6 Å². The van der Waals surface area contributed by atoms with E-state index in [4.69, 9.17) is 9.97 Å². The van der Waals surface area contributed by atoms with Gasteiger partial charge in [-0.25, -0.2) is 9.97 Å². The average molecular weight is 590 g/mol. The van der Waals surface area contributed by atoms with E-state index >= 15 is 0 Å². The first kappa shape index (κ1) is 25.2. The molecule has 46 heavy (non-hydrogen) atoms. The Hall–Kier alpha value is -6.20. The van der Waals surface area contributed by atoms with Crippen LogP contribution in [-0.2, 0) is 7.05 Å². The lowest BCUT2D eigenvalue weighted by Gasteiger charge is -2.12. The number of nitrogens with zero attached hydrogens (tertiary/aromatic N) is 5. The van der Waals surface area contributed by atoms with Crippen LogP contribution >= 0.6 is 0 Å². The van der Waals surface area contributed by atoms with Crippen LogP contribution < -0.4 is 0 Å². The van der Waals surface area contributed by atoms with E-state index < -0.39 is 0 Å². The molecule has 0 radical (unpaired) electrons. The zero-order chi connectivity index (χ0) is 30.4. The Kier molecular flexibility index (Phi) is 5.14. The van der Waals surface area contributed by atoms with E-state index in [-0.39, 0.29) is 0 Å². The molecule has 0 bridgehead atoms. The van der Waals surface area contributed by atoms with Gasteiger partial charge in [-0.1, -0.05) is 91.0 Å². The standard InChI is InChI=1S/C41H27N5/c1-44-37-17-9-6-14-34(37)43-41(44)27-18-20-32-30-12-4-7-15-35(30)45(38(32)22-27)29-19-21-33-31-13-5-8-16-36(31)46(39(33)24-29)40-23-26-10-2-3-11-28(26)25-42-40/h2-25H,1H3. The van der Waals surface area contributed by atoms with Crippen LogP contribution in [0.25, 0.3) is 88.3 Å².